The standard InChI is InChI=1S/C25H30N8O2/c1-33(2)11-10-27-24(34)19-12-17(13-21-20(19)15-29-32-21)30-25-28-14-16-4-3-5-22(23(16)31-25)35-18-6-8-26-9-7-18/h3-5,12-15,18,26H,6-11H2,1-2H3,(H,27,34)(H,29,32)(H,28,30,31). The number of carbonyl (C=O) groups is 1. The third-order valence-electron chi connectivity index (χ3n) is 6.06. The summed E-state index contributed by atoms with van der Waals surface area (Å²) < 4.78 is 6.30. The summed E-state index contributed by atoms with van der Waals surface area (Å²) >= 11 is 0. The minimum Gasteiger partial charge on any atom is -0.488 e. The molecule has 2 aromatic heterocycles. The molecule has 1 fully saturated rings. The van der Waals surface area contributed by atoms with Crippen LogP contribution in [0.3, 0.4) is 0 Å². The van der Waals surface area contributed by atoms with E-state index in [9.17, 15) is 4.79 Å². The van der Waals surface area contributed by atoms with Crippen LogP contribution in [-0.4, -0.2) is 77.4 Å². The van der Waals surface area contributed by atoms with Gasteiger partial charge in [0.1, 0.15) is 17.4 Å². The van der Waals surface area contributed by atoms with Gasteiger partial charge in [0.25, 0.3) is 5.91 Å². The molecule has 0 saturated carbocycles. The summed E-state index contributed by atoms with van der Waals surface area (Å²) in [5, 5.41) is 18.3. The van der Waals surface area contributed by atoms with Crippen molar-refractivity contribution < 1.29 is 9.53 Å². The summed E-state index contributed by atoms with van der Waals surface area (Å²) in [7, 11) is 3.94. The Balaban J connectivity index is 1.41. The number of ether oxygens (including phenoxy) is 1. The molecule has 0 unspecified atom stereocenters. The van der Waals surface area contributed by atoms with Crippen LogP contribution in [0, 0.1) is 0 Å². The molecule has 2 aromatic carbocycles. The molecule has 4 aromatic rings. The van der Waals surface area contributed by atoms with Gasteiger partial charge in [-0.2, -0.15) is 5.10 Å². The Kier molecular flexibility index (Phi) is 6.73. The smallest absolute Gasteiger partial charge is 0.252 e. The van der Waals surface area contributed by atoms with Crippen LogP contribution in [0.15, 0.2) is 42.7 Å². The Labute approximate surface area is 203 Å². The van der Waals surface area contributed by atoms with Crippen LogP contribution in [0.4, 0.5) is 11.6 Å². The number of aromatic nitrogens is 4. The molecular weight excluding hydrogens is 444 g/mol. The number of H-pyrrole nitrogens is 1. The summed E-state index contributed by atoms with van der Waals surface area (Å²) in [5.74, 6) is 1.03. The molecule has 0 atom stereocenters. The van der Waals surface area contributed by atoms with Crippen LogP contribution < -0.4 is 20.7 Å². The molecule has 0 spiro atoms. The summed E-state index contributed by atoms with van der Waals surface area (Å²) in [4.78, 5) is 24.2. The van der Waals surface area contributed by atoms with Gasteiger partial charge in [0.05, 0.1) is 17.3 Å². The van der Waals surface area contributed by atoms with Gasteiger partial charge in [-0.3, -0.25) is 9.89 Å². The maximum atomic E-state index is 12.9. The highest BCUT2D eigenvalue weighted by molar-refractivity contribution is 6.07. The number of amides is 1. The fraction of sp³-hybridized carbons (Fsp3) is 0.360. The molecule has 4 N–H and O–H groups in total. The largest absolute Gasteiger partial charge is 0.488 e. The van der Waals surface area contributed by atoms with Crippen LogP contribution >= 0.6 is 0 Å². The van der Waals surface area contributed by atoms with Gasteiger partial charge in [0.2, 0.25) is 5.95 Å². The molecule has 10 nitrogen and oxygen atoms in total. The van der Waals surface area contributed by atoms with Gasteiger partial charge in [0.15, 0.2) is 0 Å². The lowest BCUT2D eigenvalue weighted by atomic mass is 10.1. The van der Waals surface area contributed by atoms with E-state index in [0.717, 1.165) is 60.0 Å². The van der Waals surface area contributed by atoms with Crippen LogP contribution in [0.2, 0.25) is 0 Å². The maximum absolute atomic E-state index is 12.9. The normalized spacial score (nSPS) is 14.5. The summed E-state index contributed by atoms with van der Waals surface area (Å²) in [6.45, 7) is 3.22. The van der Waals surface area contributed by atoms with Crippen LogP contribution in [-0.2, 0) is 0 Å². The van der Waals surface area contributed by atoms with E-state index in [1.54, 1.807) is 18.5 Å². The second kappa shape index (κ2) is 10.2. The fourth-order valence-electron chi connectivity index (χ4n) is 4.21. The number of likely N-dealkylation sites (N-methyl/N-ethyl adjacent to an activating group) is 1. The third kappa shape index (κ3) is 5.33. The minimum atomic E-state index is -0.154. The van der Waals surface area contributed by atoms with Crippen molar-refractivity contribution in [1.82, 2.24) is 35.7 Å². The Bertz CT molecular complexity index is 1330. The highest BCUT2D eigenvalue weighted by Gasteiger charge is 2.17. The number of carbonyl (C=O) groups excluding carboxylic acids is 1. The van der Waals surface area contributed by atoms with Crippen LogP contribution in [0.5, 0.6) is 5.75 Å². The summed E-state index contributed by atoms with van der Waals surface area (Å²) in [6.07, 6.45) is 5.55. The molecule has 0 aliphatic carbocycles. The number of piperidine rings is 1. The van der Waals surface area contributed by atoms with E-state index in [0.29, 0.717) is 23.7 Å². The predicted molar refractivity (Wildman–Crippen MR) is 136 cm³/mol. The lowest BCUT2D eigenvalue weighted by Gasteiger charge is -2.24. The van der Waals surface area contributed by atoms with Gasteiger partial charge in [-0.1, -0.05) is 12.1 Å². The number of aromatic amines is 1. The lowest BCUT2D eigenvalue weighted by molar-refractivity contribution is 0.0952. The summed E-state index contributed by atoms with van der Waals surface area (Å²) in [6, 6.07) is 9.58. The Morgan fingerprint density at radius 3 is 2.89 bits per heavy atom. The number of para-hydroxylation sites is 1. The van der Waals surface area contributed by atoms with Crippen molar-refractivity contribution >= 4 is 39.3 Å². The molecule has 1 aliphatic rings. The minimum absolute atomic E-state index is 0.154. The Morgan fingerprint density at radius 2 is 2.06 bits per heavy atom. The van der Waals surface area contributed by atoms with E-state index in [1.807, 2.05) is 43.3 Å². The average molecular weight is 475 g/mol. The zero-order valence-corrected chi connectivity index (χ0v) is 20.0. The van der Waals surface area contributed by atoms with Gasteiger partial charge in [-0.05, 0) is 58.2 Å². The zero-order chi connectivity index (χ0) is 24.2. The number of hydrogen-bond donors (Lipinski definition) is 4. The molecule has 0 radical (unpaired) electrons. The predicted octanol–water partition coefficient (Wildman–Crippen LogP) is 2.67. The van der Waals surface area contributed by atoms with Crippen molar-refractivity contribution in [2.45, 2.75) is 18.9 Å². The molecule has 3 heterocycles. The van der Waals surface area contributed by atoms with Crippen molar-refractivity contribution in [3.05, 3.63) is 48.3 Å². The summed E-state index contributed by atoms with van der Waals surface area (Å²) in [5.41, 5.74) is 2.74. The van der Waals surface area contributed by atoms with Crippen molar-refractivity contribution in [1.29, 1.82) is 0 Å². The monoisotopic (exact) mass is 474 g/mol. The van der Waals surface area contributed by atoms with E-state index >= 15 is 0 Å². The lowest BCUT2D eigenvalue weighted by Crippen LogP contribution is -2.34. The van der Waals surface area contributed by atoms with Crippen molar-refractivity contribution in [2.24, 2.45) is 0 Å². The van der Waals surface area contributed by atoms with Crippen molar-refractivity contribution in [3.8, 4) is 5.75 Å². The highest BCUT2D eigenvalue weighted by Crippen LogP contribution is 2.28. The zero-order valence-electron chi connectivity index (χ0n) is 20.0. The average Bonchev–Trinajstić information content (AvgIpc) is 3.33. The SMILES string of the molecule is CN(C)CCNC(=O)c1cc(Nc2ncc3cccc(OC4CCNCC4)c3n2)cc2[nH]ncc12. The molecule has 1 amide bonds. The second-order valence-corrected chi connectivity index (χ2v) is 8.99. The maximum Gasteiger partial charge on any atom is 0.252 e. The van der Waals surface area contributed by atoms with Gasteiger partial charge in [-0.15, -0.1) is 0 Å². The van der Waals surface area contributed by atoms with E-state index in [-0.39, 0.29) is 12.0 Å². The topological polar surface area (TPSA) is 120 Å². The first-order valence-electron chi connectivity index (χ1n) is 11.9. The molecule has 1 saturated heterocycles. The molecule has 5 rings (SSSR count). The second-order valence-electron chi connectivity index (χ2n) is 8.99. The third-order valence-corrected chi connectivity index (χ3v) is 6.06. The van der Waals surface area contributed by atoms with Crippen molar-refractivity contribution in [3.63, 3.8) is 0 Å². The number of nitrogens with zero attached hydrogens (tertiary/aromatic N) is 4. The van der Waals surface area contributed by atoms with Gasteiger partial charge in [0, 0.05) is 35.7 Å². The molecule has 182 valence electrons. The Morgan fingerprint density at radius 1 is 1.20 bits per heavy atom. The van der Waals surface area contributed by atoms with E-state index in [1.165, 1.54) is 0 Å². The van der Waals surface area contributed by atoms with Crippen molar-refractivity contribution in [2.75, 3.05) is 45.6 Å². The van der Waals surface area contributed by atoms with E-state index in [2.05, 4.69) is 31.1 Å². The number of anilines is 2. The van der Waals surface area contributed by atoms with Crippen LogP contribution in [0.1, 0.15) is 23.2 Å². The molecule has 35 heavy (non-hydrogen) atoms. The van der Waals surface area contributed by atoms with E-state index in [4.69, 9.17) is 9.72 Å². The molecule has 10 heteroatoms. The number of nitrogens with one attached hydrogen (secondary N) is 4. The van der Waals surface area contributed by atoms with Gasteiger partial charge >= 0.3 is 0 Å². The Hall–Kier alpha value is -3.76. The first-order valence-corrected chi connectivity index (χ1v) is 11.9. The van der Waals surface area contributed by atoms with Gasteiger partial charge < -0.3 is 25.6 Å². The molecule has 1 aliphatic heterocycles. The fourth-order valence-corrected chi connectivity index (χ4v) is 4.21. The number of benzene rings is 2. The highest BCUT2D eigenvalue weighted by atomic mass is 16.5. The van der Waals surface area contributed by atoms with E-state index < -0.39 is 0 Å². The number of rotatable bonds is 8. The first kappa shape index (κ1) is 23.0. The number of fused-ring (bicyclic) bond motifs is 2. The van der Waals surface area contributed by atoms with Crippen LogP contribution in [0.25, 0.3) is 21.8 Å². The molecule has 0 bridgehead atoms. The molecular formula is C25H30N8O2. The van der Waals surface area contributed by atoms with Gasteiger partial charge in [-0.25, -0.2) is 9.97 Å². The first-order chi connectivity index (χ1) is 17.1. The quantitative estimate of drug-likeness (QED) is 0.308. The number of hydrogen-bond acceptors (Lipinski definition) is 8.